The van der Waals surface area contributed by atoms with Gasteiger partial charge >= 0.3 is 0 Å². The highest BCUT2D eigenvalue weighted by Crippen LogP contribution is 2.16. The maximum absolute atomic E-state index is 2.25. The Labute approximate surface area is 97.4 Å². The summed E-state index contributed by atoms with van der Waals surface area (Å²) in [6.07, 6.45) is 6.82. The predicted molar refractivity (Wildman–Crippen MR) is 67.0 cm³/mol. The standard InChI is InChI=1S/C15H18N/c1-2-3-11-16-12-9-15(10-13-16)14-7-5-4-6-8-14/h4-10,12-13H,2-3,11H2,1H3/q+1. The Bertz CT molecular complexity index is 417. The minimum atomic E-state index is 1.12. The second-order valence-electron chi connectivity index (χ2n) is 4.04. The van der Waals surface area contributed by atoms with Crippen molar-refractivity contribution in [3.8, 4) is 11.1 Å². The average Bonchev–Trinajstić information content (AvgIpc) is 2.38. The molecule has 1 aromatic heterocycles. The molecule has 0 amide bonds. The summed E-state index contributed by atoms with van der Waals surface area (Å²) in [5, 5.41) is 0. The van der Waals surface area contributed by atoms with Gasteiger partial charge in [-0.1, -0.05) is 43.7 Å². The largest absolute Gasteiger partial charge is 0.205 e. The Kier molecular flexibility index (Phi) is 3.71. The molecule has 0 spiro atoms. The van der Waals surface area contributed by atoms with Crippen molar-refractivity contribution in [1.82, 2.24) is 0 Å². The first kappa shape index (κ1) is 10.9. The highest BCUT2D eigenvalue weighted by molar-refractivity contribution is 5.61. The van der Waals surface area contributed by atoms with Crippen LogP contribution in [-0.2, 0) is 6.54 Å². The lowest BCUT2D eigenvalue weighted by Crippen LogP contribution is -2.32. The van der Waals surface area contributed by atoms with Crippen molar-refractivity contribution in [2.75, 3.05) is 0 Å². The van der Waals surface area contributed by atoms with Gasteiger partial charge in [-0.05, 0) is 11.1 Å². The van der Waals surface area contributed by atoms with E-state index in [1.165, 1.54) is 24.0 Å². The third-order valence-corrected chi connectivity index (χ3v) is 2.77. The third-order valence-electron chi connectivity index (χ3n) is 2.77. The summed E-state index contributed by atoms with van der Waals surface area (Å²) >= 11 is 0. The normalized spacial score (nSPS) is 10.3. The fourth-order valence-electron chi connectivity index (χ4n) is 1.77. The molecule has 1 aromatic carbocycles. The van der Waals surface area contributed by atoms with Gasteiger partial charge in [-0.3, -0.25) is 0 Å². The SMILES string of the molecule is CCCC[n+]1ccc(-c2ccccc2)cc1. The Morgan fingerprint density at radius 1 is 0.875 bits per heavy atom. The maximum atomic E-state index is 2.25. The number of rotatable bonds is 4. The van der Waals surface area contributed by atoms with Gasteiger partial charge in [-0.2, -0.15) is 0 Å². The molecule has 0 aliphatic rings. The van der Waals surface area contributed by atoms with E-state index in [1.807, 2.05) is 6.07 Å². The van der Waals surface area contributed by atoms with Gasteiger partial charge in [0.15, 0.2) is 12.4 Å². The van der Waals surface area contributed by atoms with Crippen LogP contribution in [0.15, 0.2) is 54.9 Å². The van der Waals surface area contributed by atoms with Crippen molar-refractivity contribution < 1.29 is 4.57 Å². The van der Waals surface area contributed by atoms with E-state index in [1.54, 1.807) is 0 Å². The van der Waals surface area contributed by atoms with Crippen LogP contribution in [-0.4, -0.2) is 0 Å². The van der Waals surface area contributed by atoms with Gasteiger partial charge in [-0.15, -0.1) is 0 Å². The van der Waals surface area contributed by atoms with Crippen molar-refractivity contribution in [3.63, 3.8) is 0 Å². The van der Waals surface area contributed by atoms with Gasteiger partial charge in [0.2, 0.25) is 0 Å². The number of pyridine rings is 1. The zero-order valence-electron chi connectivity index (χ0n) is 9.76. The molecule has 0 atom stereocenters. The van der Waals surface area contributed by atoms with Gasteiger partial charge in [0.05, 0.1) is 0 Å². The van der Waals surface area contributed by atoms with Gasteiger partial charge in [0, 0.05) is 18.6 Å². The van der Waals surface area contributed by atoms with Crippen LogP contribution in [0.2, 0.25) is 0 Å². The molecule has 0 bridgehead atoms. The molecule has 2 aromatic rings. The Morgan fingerprint density at radius 2 is 1.50 bits per heavy atom. The topological polar surface area (TPSA) is 3.88 Å². The summed E-state index contributed by atoms with van der Waals surface area (Å²) in [4.78, 5) is 0. The Hall–Kier alpha value is -1.63. The highest BCUT2D eigenvalue weighted by atomic mass is 14.9. The van der Waals surface area contributed by atoms with Gasteiger partial charge in [-0.25, -0.2) is 4.57 Å². The number of unbranched alkanes of at least 4 members (excludes halogenated alkanes) is 1. The van der Waals surface area contributed by atoms with Crippen LogP contribution < -0.4 is 4.57 Å². The van der Waals surface area contributed by atoms with Crippen LogP contribution in [0.4, 0.5) is 0 Å². The molecule has 0 saturated heterocycles. The fraction of sp³-hybridized carbons (Fsp3) is 0.267. The molecule has 82 valence electrons. The van der Waals surface area contributed by atoms with Crippen molar-refractivity contribution >= 4 is 0 Å². The molecule has 0 N–H and O–H groups in total. The number of aryl methyl sites for hydroxylation is 1. The Balaban J connectivity index is 2.13. The molecular formula is C15H18N+. The van der Waals surface area contributed by atoms with Gasteiger partial charge in [0.25, 0.3) is 0 Å². The molecule has 0 unspecified atom stereocenters. The zero-order valence-corrected chi connectivity index (χ0v) is 9.76. The molecule has 0 aliphatic carbocycles. The lowest BCUT2D eigenvalue weighted by molar-refractivity contribution is -0.697. The molecule has 1 nitrogen and oxygen atoms in total. The molecule has 0 aliphatic heterocycles. The van der Waals surface area contributed by atoms with E-state index >= 15 is 0 Å². The second kappa shape index (κ2) is 5.45. The van der Waals surface area contributed by atoms with E-state index in [0.717, 1.165) is 6.54 Å². The minimum Gasteiger partial charge on any atom is -0.205 e. The first-order chi connectivity index (χ1) is 7.90. The molecule has 1 heteroatoms. The summed E-state index contributed by atoms with van der Waals surface area (Å²) in [6, 6.07) is 14.9. The van der Waals surface area contributed by atoms with Crippen LogP contribution in [0.25, 0.3) is 11.1 Å². The van der Waals surface area contributed by atoms with Crippen LogP contribution in [0, 0.1) is 0 Å². The molecule has 1 heterocycles. The maximum Gasteiger partial charge on any atom is 0.169 e. The number of nitrogens with zero attached hydrogens (tertiary/aromatic N) is 1. The summed E-state index contributed by atoms with van der Waals surface area (Å²) in [6.45, 7) is 3.34. The van der Waals surface area contributed by atoms with Crippen LogP contribution in [0.5, 0.6) is 0 Å². The summed E-state index contributed by atoms with van der Waals surface area (Å²) < 4.78 is 2.25. The Morgan fingerprint density at radius 3 is 2.12 bits per heavy atom. The van der Waals surface area contributed by atoms with Crippen LogP contribution >= 0.6 is 0 Å². The monoisotopic (exact) mass is 212 g/mol. The molecule has 0 saturated carbocycles. The van der Waals surface area contributed by atoms with Crippen molar-refractivity contribution in [2.45, 2.75) is 26.3 Å². The average molecular weight is 212 g/mol. The van der Waals surface area contributed by atoms with Gasteiger partial charge in [0.1, 0.15) is 6.54 Å². The number of hydrogen-bond acceptors (Lipinski definition) is 0. The summed E-state index contributed by atoms with van der Waals surface area (Å²) in [5.74, 6) is 0. The van der Waals surface area contributed by atoms with Crippen molar-refractivity contribution in [1.29, 1.82) is 0 Å². The van der Waals surface area contributed by atoms with E-state index in [9.17, 15) is 0 Å². The zero-order chi connectivity index (χ0) is 11.2. The third kappa shape index (κ3) is 2.69. The lowest BCUT2D eigenvalue weighted by Gasteiger charge is -2.00. The first-order valence-electron chi connectivity index (χ1n) is 5.94. The fourth-order valence-corrected chi connectivity index (χ4v) is 1.77. The molecule has 16 heavy (non-hydrogen) atoms. The van der Waals surface area contributed by atoms with Crippen molar-refractivity contribution in [3.05, 3.63) is 54.9 Å². The predicted octanol–water partition coefficient (Wildman–Crippen LogP) is 3.44. The second-order valence-corrected chi connectivity index (χ2v) is 4.04. The quantitative estimate of drug-likeness (QED) is 0.683. The van der Waals surface area contributed by atoms with E-state index in [-0.39, 0.29) is 0 Å². The number of aromatic nitrogens is 1. The number of benzene rings is 1. The molecular weight excluding hydrogens is 194 g/mol. The lowest BCUT2D eigenvalue weighted by atomic mass is 10.1. The smallest absolute Gasteiger partial charge is 0.169 e. The number of hydrogen-bond donors (Lipinski definition) is 0. The van der Waals surface area contributed by atoms with Crippen LogP contribution in [0.1, 0.15) is 19.8 Å². The van der Waals surface area contributed by atoms with E-state index in [4.69, 9.17) is 0 Å². The minimum absolute atomic E-state index is 1.12. The highest BCUT2D eigenvalue weighted by Gasteiger charge is 2.01. The molecule has 0 fully saturated rings. The summed E-state index contributed by atoms with van der Waals surface area (Å²) in [7, 11) is 0. The first-order valence-corrected chi connectivity index (χ1v) is 5.94. The van der Waals surface area contributed by atoms with Crippen molar-refractivity contribution in [2.24, 2.45) is 0 Å². The van der Waals surface area contributed by atoms with E-state index < -0.39 is 0 Å². The van der Waals surface area contributed by atoms with Crippen LogP contribution in [0.3, 0.4) is 0 Å². The molecule has 2 rings (SSSR count). The van der Waals surface area contributed by atoms with Gasteiger partial charge < -0.3 is 0 Å². The van der Waals surface area contributed by atoms with E-state index in [2.05, 4.69) is 60.3 Å². The molecule has 0 radical (unpaired) electrons. The summed E-state index contributed by atoms with van der Waals surface area (Å²) in [5.41, 5.74) is 2.57. The van der Waals surface area contributed by atoms with E-state index in [0.29, 0.717) is 0 Å².